The highest BCUT2D eigenvalue weighted by Crippen LogP contribution is 2.13. The minimum absolute atomic E-state index is 0.0451. The average molecular weight is 247 g/mol. The lowest BCUT2D eigenvalue weighted by atomic mass is 10.2. The molecule has 0 saturated heterocycles. The number of hydrogen-bond acceptors (Lipinski definition) is 4. The van der Waals surface area contributed by atoms with Crippen LogP contribution in [0, 0.1) is 5.82 Å². The predicted octanol–water partition coefficient (Wildman–Crippen LogP) is 2.02. The number of hydrogen-bond donors (Lipinski definition) is 1. The highest BCUT2D eigenvalue weighted by Gasteiger charge is 2.09. The van der Waals surface area contributed by atoms with E-state index < -0.39 is 5.82 Å². The van der Waals surface area contributed by atoms with E-state index >= 15 is 0 Å². The summed E-state index contributed by atoms with van der Waals surface area (Å²) in [6, 6.07) is 0.128. The van der Waals surface area contributed by atoms with E-state index in [1.165, 1.54) is 0 Å². The normalized spacial score (nSPS) is 12.9. The third kappa shape index (κ3) is 4.28. The van der Waals surface area contributed by atoms with E-state index in [1.54, 1.807) is 0 Å². The highest BCUT2D eigenvalue weighted by molar-refractivity contribution is 6.28. The Kier molecular flexibility index (Phi) is 4.89. The molecule has 0 radical (unpaired) electrons. The van der Waals surface area contributed by atoms with E-state index in [1.807, 2.05) is 21.0 Å². The van der Waals surface area contributed by atoms with Crippen molar-refractivity contribution in [3.63, 3.8) is 0 Å². The van der Waals surface area contributed by atoms with Crippen molar-refractivity contribution in [2.75, 3.05) is 26.0 Å². The first-order valence-electron chi connectivity index (χ1n) is 5.08. The fraction of sp³-hybridized carbons (Fsp3) is 0.600. The number of aromatic nitrogens is 2. The van der Waals surface area contributed by atoms with Gasteiger partial charge in [0.05, 0.1) is 6.20 Å². The maximum absolute atomic E-state index is 13.3. The number of nitrogens with one attached hydrogen (secondary N) is 1. The van der Waals surface area contributed by atoms with Crippen LogP contribution in [0.3, 0.4) is 0 Å². The Morgan fingerprint density at radius 3 is 2.88 bits per heavy atom. The molecule has 0 saturated carbocycles. The van der Waals surface area contributed by atoms with Gasteiger partial charge in [0.25, 0.3) is 0 Å². The van der Waals surface area contributed by atoms with E-state index in [4.69, 9.17) is 11.6 Å². The Morgan fingerprint density at radius 1 is 1.56 bits per heavy atom. The van der Waals surface area contributed by atoms with Gasteiger partial charge in [0, 0.05) is 6.04 Å². The number of halogens is 2. The molecular weight excluding hydrogens is 231 g/mol. The van der Waals surface area contributed by atoms with Crippen molar-refractivity contribution in [2.45, 2.75) is 19.4 Å². The summed E-state index contributed by atoms with van der Waals surface area (Å²) in [5.41, 5.74) is 0. The molecule has 90 valence electrons. The summed E-state index contributed by atoms with van der Waals surface area (Å²) in [5.74, 6) is -0.327. The fourth-order valence-corrected chi connectivity index (χ4v) is 1.34. The Hall–Kier alpha value is -0.940. The molecular formula is C10H16ClFN4. The molecule has 1 N–H and O–H groups in total. The number of rotatable bonds is 5. The van der Waals surface area contributed by atoms with Gasteiger partial charge in [-0.15, -0.1) is 0 Å². The largest absolute Gasteiger partial charge is 0.365 e. The molecule has 0 spiro atoms. The zero-order valence-corrected chi connectivity index (χ0v) is 10.4. The molecule has 4 nitrogen and oxygen atoms in total. The lowest BCUT2D eigenvalue weighted by molar-refractivity contribution is 0.390. The zero-order valence-electron chi connectivity index (χ0n) is 9.67. The van der Waals surface area contributed by atoms with E-state index in [0.29, 0.717) is 0 Å². The molecule has 1 heterocycles. The monoisotopic (exact) mass is 246 g/mol. The second-order valence-electron chi connectivity index (χ2n) is 3.97. The molecule has 1 atom stereocenters. The Bertz CT molecular complexity index is 346. The molecule has 0 bridgehead atoms. The van der Waals surface area contributed by atoms with Crippen LogP contribution in [0.1, 0.15) is 13.3 Å². The quantitative estimate of drug-likeness (QED) is 0.807. The van der Waals surface area contributed by atoms with Crippen LogP contribution >= 0.6 is 11.6 Å². The topological polar surface area (TPSA) is 41.0 Å². The fourth-order valence-electron chi connectivity index (χ4n) is 1.20. The molecule has 1 aromatic heterocycles. The van der Waals surface area contributed by atoms with E-state index in [-0.39, 0.29) is 17.1 Å². The molecule has 0 aliphatic carbocycles. The lowest BCUT2D eigenvalue weighted by Crippen LogP contribution is -2.23. The minimum atomic E-state index is -0.485. The van der Waals surface area contributed by atoms with Gasteiger partial charge in [0.1, 0.15) is 0 Å². The van der Waals surface area contributed by atoms with Crippen molar-refractivity contribution in [1.82, 2.24) is 14.9 Å². The van der Waals surface area contributed by atoms with Crippen molar-refractivity contribution < 1.29 is 4.39 Å². The second-order valence-corrected chi connectivity index (χ2v) is 4.31. The molecule has 0 amide bonds. The standard InChI is InChI=1S/C10H16ClFN4/c1-7(4-5-16(2)3)14-9-8(12)6-13-10(11)15-9/h6-7H,4-5H2,1-3H3,(H,13,14,15). The van der Waals surface area contributed by atoms with Crippen molar-refractivity contribution in [3.8, 4) is 0 Å². The Morgan fingerprint density at radius 2 is 2.25 bits per heavy atom. The van der Waals surface area contributed by atoms with E-state index in [2.05, 4.69) is 20.2 Å². The Balaban J connectivity index is 2.55. The van der Waals surface area contributed by atoms with Crippen LogP contribution in [0.4, 0.5) is 10.2 Å². The van der Waals surface area contributed by atoms with Crippen LogP contribution in [0.15, 0.2) is 6.20 Å². The SMILES string of the molecule is CC(CCN(C)C)Nc1nc(Cl)ncc1F. The summed E-state index contributed by atoms with van der Waals surface area (Å²) in [6.07, 6.45) is 1.96. The van der Waals surface area contributed by atoms with Crippen LogP contribution in [0.2, 0.25) is 5.28 Å². The summed E-state index contributed by atoms with van der Waals surface area (Å²) in [6.45, 7) is 2.90. The van der Waals surface area contributed by atoms with Gasteiger partial charge >= 0.3 is 0 Å². The minimum Gasteiger partial charge on any atom is -0.365 e. The van der Waals surface area contributed by atoms with Gasteiger partial charge < -0.3 is 10.2 Å². The molecule has 0 aliphatic heterocycles. The van der Waals surface area contributed by atoms with E-state index in [9.17, 15) is 4.39 Å². The van der Waals surface area contributed by atoms with Gasteiger partial charge in [-0.25, -0.2) is 9.37 Å². The maximum atomic E-state index is 13.3. The maximum Gasteiger partial charge on any atom is 0.224 e. The van der Waals surface area contributed by atoms with Gasteiger partial charge in [-0.3, -0.25) is 0 Å². The summed E-state index contributed by atoms with van der Waals surface area (Å²) in [4.78, 5) is 9.42. The van der Waals surface area contributed by atoms with Crippen LogP contribution in [-0.4, -0.2) is 41.5 Å². The van der Waals surface area contributed by atoms with Crippen molar-refractivity contribution in [1.29, 1.82) is 0 Å². The summed E-state index contributed by atoms with van der Waals surface area (Å²) in [7, 11) is 3.99. The zero-order chi connectivity index (χ0) is 12.1. The lowest BCUT2D eigenvalue weighted by Gasteiger charge is -2.17. The van der Waals surface area contributed by atoms with Gasteiger partial charge in [0.15, 0.2) is 11.6 Å². The first kappa shape index (κ1) is 13.1. The molecule has 16 heavy (non-hydrogen) atoms. The first-order valence-corrected chi connectivity index (χ1v) is 5.46. The molecule has 1 unspecified atom stereocenters. The smallest absolute Gasteiger partial charge is 0.224 e. The second kappa shape index (κ2) is 5.96. The van der Waals surface area contributed by atoms with Crippen LogP contribution < -0.4 is 5.32 Å². The number of nitrogens with zero attached hydrogens (tertiary/aromatic N) is 3. The van der Waals surface area contributed by atoms with Gasteiger partial charge in [0.2, 0.25) is 5.28 Å². The summed E-state index contributed by atoms with van der Waals surface area (Å²) >= 11 is 5.59. The summed E-state index contributed by atoms with van der Waals surface area (Å²) < 4.78 is 13.3. The third-order valence-corrected chi connectivity index (χ3v) is 2.29. The molecule has 0 aromatic carbocycles. The molecule has 1 aromatic rings. The van der Waals surface area contributed by atoms with E-state index in [0.717, 1.165) is 19.2 Å². The summed E-state index contributed by atoms with van der Waals surface area (Å²) in [5, 5.41) is 3.01. The van der Waals surface area contributed by atoms with Crippen molar-refractivity contribution in [2.24, 2.45) is 0 Å². The molecule has 0 aliphatic rings. The van der Waals surface area contributed by atoms with Crippen LogP contribution in [0.5, 0.6) is 0 Å². The van der Waals surface area contributed by atoms with Crippen molar-refractivity contribution in [3.05, 3.63) is 17.3 Å². The highest BCUT2D eigenvalue weighted by atomic mass is 35.5. The van der Waals surface area contributed by atoms with Crippen LogP contribution in [0.25, 0.3) is 0 Å². The van der Waals surface area contributed by atoms with Gasteiger partial charge in [-0.2, -0.15) is 4.98 Å². The van der Waals surface area contributed by atoms with Gasteiger partial charge in [-0.1, -0.05) is 0 Å². The first-order chi connectivity index (χ1) is 7.49. The van der Waals surface area contributed by atoms with Gasteiger partial charge in [-0.05, 0) is 45.6 Å². The third-order valence-electron chi connectivity index (χ3n) is 2.11. The molecule has 6 heteroatoms. The average Bonchev–Trinajstić information content (AvgIpc) is 2.20. The molecule has 0 fully saturated rings. The predicted molar refractivity (Wildman–Crippen MR) is 63.3 cm³/mol. The Labute approximate surface area is 99.8 Å². The number of anilines is 1. The van der Waals surface area contributed by atoms with Crippen LogP contribution in [-0.2, 0) is 0 Å². The molecule has 1 rings (SSSR count). The van der Waals surface area contributed by atoms with Crippen molar-refractivity contribution >= 4 is 17.4 Å².